The molecule has 0 spiro atoms. The quantitative estimate of drug-likeness (QED) is 0.409. The lowest BCUT2D eigenvalue weighted by molar-refractivity contribution is -0.581. The Hall–Kier alpha value is -2.31. The number of thioether (sulfide) groups is 1. The zero-order valence-corrected chi connectivity index (χ0v) is 13.9. The SMILES string of the molecule is CN1/C(=C/C(=O)c2sc3cccc[n+]3c2[O-])Sc2ccccc21. The number of fused-ring (bicyclic) bond motifs is 2. The van der Waals surface area contributed by atoms with Crippen LogP contribution < -0.4 is 14.4 Å². The zero-order chi connectivity index (χ0) is 16.0. The normalized spacial score (nSPS) is 15.3. The number of hydrogen-bond donors (Lipinski definition) is 0. The molecule has 114 valence electrons. The highest BCUT2D eigenvalue weighted by Gasteiger charge is 2.24. The second kappa shape index (κ2) is 5.40. The highest BCUT2D eigenvalue weighted by Crippen LogP contribution is 2.44. The van der Waals surface area contributed by atoms with Gasteiger partial charge >= 0.3 is 0 Å². The smallest absolute Gasteiger partial charge is 0.267 e. The van der Waals surface area contributed by atoms with Gasteiger partial charge in [0.15, 0.2) is 12.1 Å². The van der Waals surface area contributed by atoms with Gasteiger partial charge in [-0.1, -0.05) is 35.2 Å². The molecular weight excluding hydrogens is 328 g/mol. The average molecular weight is 340 g/mol. The third kappa shape index (κ3) is 2.31. The predicted octanol–water partition coefficient (Wildman–Crippen LogP) is 2.83. The van der Waals surface area contributed by atoms with Gasteiger partial charge in [0.1, 0.15) is 4.88 Å². The second-order valence-electron chi connectivity index (χ2n) is 5.12. The fourth-order valence-electron chi connectivity index (χ4n) is 2.52. The fourth-order valence-corrected chi connectivity index (χ4v) is 4.54. The van der Waals surface area contributed by atoms with Gasteiger partial charge in [-0.2, -0.15) is 4.40 Å². The van der Waals surface area contributed by atoms with E-state index < -0.39 is 0 Å². The third-order valence-electron chi connectivity index (χ3n) is 3.69. The van der Waals surface area contributed by atoms with Crippen LogP contribution in [0.2, 0.25) is 0 Å². The number of allylic oxidation sites excluding steroid dienone is 1. The maximum absolute atomic E-state index is 12.6. The number of hydrogen-bond acceptors (Lipinski definition) is 5. The minimum Gasteiger partial charge on any atom is -0.822 e. The van der Waals surface area contributed by atoms with Crippen LogP contribution in [-0.4, -0.2) is 12.8 Å². The van der Waals surface area contributed by atoms with E-state index in [1.807, 2.05) is 48.3 Å². The molecule has 1 aromatic carbocycles. The van der Waals surface area contributed by atoms with Crippen LogP contribution in [0.5, 0.6) is 5.88 Å². The van der Waals surface area contributed by atoms with E-state index in [0.717, 1.165) is 20.4 Å². The molecule has 0 aliphatic carbocycles. The Morgan fingerprint density at radius 1 is 1.22 bits per heavy atom. The van der Waals surface area contributed by atoms with E-state index in [1.54, 1.807) is 30.1 Å². The number of pyridine rings is 1. The lowest BCUT2D eigenvalue weighted by Crippen LogP contribution is -2.23. The van der Waals surface area contributed by atoms with Crippen molar-refractivity contribution in [2.75, 3.05) is 11.9 Å². The Morgan fingerprint density at radius 3 is 2.78 bits per heavy atom. The molecule has 4 rings (SSSR count). The van der Waals surface area contributed by atoms with Crippen LogP contribution in [0.3, 0.4) is 0 Å². The van der Waals surface area contributed by atoms with Crippen LogP contribution in [-0.2, 0) is 0 Å². The van der Waals surface area contributed by atoms with Gasteiger partial charge in [-0.25, -0.2) is 0 Å². The summed E-state index contributed by atoms with van der Waals surface area (Å²) in [6.07, 6.45) is 3.24. The van der Waals surface area contributed by atoms with Gasteiger partial charge in [0.25, 0.3) is 4.83 Å². The van der Waals surface area contributed by atoms with E-state index >= 15 is 0 Å². The van der Waals surface area contributed by atoms with Crippen molar-refractivity contribution in [2.24, 2.45) is 0 Å². The largest absolute Gasteiger partial charge is 0.822 e. The maximum Gasteiger partial charge on any atom is 0.267 e. The summed E-state index contributed by atoms with van der Waals surface area (Å²) in [5.41, 5.74) is 1.07. The number of carbonyl (C=O) groups is 1. The minimum atomic E-state index is -0.254. The molecule has 1 aliphatic heterocycles. The topological polar surface area (TPSA) is 47.5 Å². The number of para-hydroxylation sites is 1. The van der Waals surface area contributed by atoms with Crippen LogP contribution in [0.4, 0.5) is 5.69 Å². The van der Waals surface area contributed by atoms with E-state index in [-0.39, 0.29) is 16.5 Å². The van der Waals surface area contributed by atoms with Crippen molar-refractivity contribution in [1.29, 1.82) is 0 Å². The first-order valence-electron chi connectivity index (χ1n) is 7.02. The van der Waals surface area contributed by atoms with E-state index in [0.29, 0.717) is 0 Å². The van der Waals surface area contributed by atoms with Crippen LogP contribution >= 0.6 is 23.1 Å². The van der Waals surface area contributed by atoms with Crippen molar-refractivity contribution < 1.29 is 14.3 Å². The maximum atomic E-state index is 12.6. The molecule has 0 bridgehead atoms. The van der Waals surface area contributed by atoms with Crippen molar-refractivity contribution >= 4 is 39.4 Å². The summed E-state index contributed by atoms with van der Waals surface area (Å²) < 4.78 is 1.51. The molecule has 0 saturated heterocycles. The van der Waals surface area contributed by atoms with Crippen molar-refractivity contribution in [2.45, 2.75) is 4.90 Å². The molecule has 3 heterocycles. The van der Waals surface area contributed by atoms with Crippen molar-refractivity contribution in [1.82, 2.24) is 0 Å². The molecule has 4 nitrogen and oxygen atoms in total. The molecule has 2 aromatic heterocycles. The second-order valence-corrected chi connectivity index (χ2v) is 7.21. The number of rotatable bonds is 2. The van der Waals surface area contributed by atoms with Gasteiger partial charge in [-0.15, -0.1) is 0 Å². The molecule has 0 amide bonds. The molecule has 0 N–H and O–H groups in total. The first-order chi connectivity index (χ1) is 11.1. The number of benzene rings is 1. The van der Waals surface area contributed by atoms with Gasteiger partial charge in [0.2, 0.25) is 5.78 Å². The number of ketones is 1. The van der Waals surface area contributed by atoms with E-state index in [2.05, 4.69) is 0 Å². The molecule has 0 unspecified atom stereocenters. The molecule has 3 aromatic rings. The highest BCUT2D eigenvalue weighted by atomic mass is 32.2. The fraction of sp³-hybridized carbons (Fsp3) is 0.0588. The minimum absolute atomic E-state index is 0.244. The summed E-state index contributed by atoms with van der Waals surface area (Å²) in [7, 11) is 1.93. The molecule has 1 aliphatic rings. The van der Waals surface area contributed by atoms with Gasteiger partial charge in [0.05, 0.1) is 10.7 Å². The first kappa shape index (κ1) is 14.3. The lowest BCUT2D eigenvalue weighted by Gasteiger charge is -2.12. The van der Waals surface area contributed by atoms with Gasteiger partial charge < -0.3 is 10.0 Å². The Bertz CT molecular complexity index is 962. The molecule has 0 fully saturated rings. The van der Waals surface area contributed by atoms with Crippen molar-refractivity contribution in [3.8, 4) is 5.88 Å². The average Bonchev–Trinajstić information content (AvgIpc) is 3.07. The van der Waals surface area contributed by atoms with Crippen molar-refractivity contribution in [3.05, 3.63) is 64.6 Å². The summed E-state index contributed by atoms with van der Waals surface area (Å²) in [4.78, 5) is 16.7. The molecule has 0 atom stereocenters. The number of anilines is 1. The Kier molecular flexibility index (Phi) is 3.36. The summed E-state index contributed by atoms with van der Waals surface area (Å²) in [5.74, 6) is -0.499. The van der Waals surface area contributed by atoms with Crippen molar-refractivity contribution in [3.63, 3.8) is 0 Å². The summed E-state index contributed by atoms with van der Waals surface area (Å²) >= 11 is 2.77. The first-order valence-corrected chi connectivity index (χ1v) is 8.65. The molecule has 0 radical (unpaired) electrons. The standard InChI is InChI=1S/C17H12N2O2S2/c1-18-11-6-2-3-7-13(11)22-15(18)10-12(20)16-17(21)19-9-5-4-8-14(19)23-16/h2-10H,1H3/b15-10-. The van der Waals surface area contributed by atoms with Crippen LogP contribution in [0.25, 0.3) is 4.83 Å². The Balaban J connectivity index is 1.71. The monoisotopic (exact) mass is 340 g/mol. The molecular formula is C17H12N2O2S2. The summed E-state index contributed by atoms with van der Waals surface area (Å²) in [6.45, 7) is 0. The molecule has 6 heteroatoms. The van der Waals surface area contributed by atoms with Gasteiger partial charge in [0, 0.05) is 30.2 Å². The van der Waals surface area contributed by atoms with Crippen LogP contribution in [0.15, 0.2) is 64.7 Å². The number of nitrogens with zero attached hydrogens (tertiary/aromatic N) is 2. The summed E-state index contributed by atoms with van der Waals surface area (Å²) in [6, 6.07) is 13.5. The summed E-state index contributed by atoms with van der Waals surface area (Å²) in [5, 5.41) is 13.2. The number of carbonyl (C=O) groups excluding carboxylic acids is 1. The van der Waals surface area contributed by atoms with E-state index in [4.69, 9.17) is 0 Å². The van der Waals surface area contributed by atoms with E-state index in [9.17, 15) is 9.90 Å². The molecule has 23 heavy (non-hydrogen) atoms. The number of aromatic nitrogens is 1. The predicted molar refractivity (Wildman–Crippen MR) is 90.0 cm³/mol. The Labute approximate surface area is 141 Å². The molecule has 0 saturated carbocycles. The third-order valence-corrected chi connectivity index (χ3v) is 5.98. The van der Waals surface area contributed by atoms with Crippen LogP contribution in [0.1, 0.15) is 9.67 Å². The number of thiazole rings is 1. The zero-order valence-electron chi connectivity index (χ0n) is 12.2. The van der Waals surface area contributed by atoms with E-state index in [1.165, 1.54) is 15.7 Å². The highest BCUT2D eigenvalue weighted by molar-refractivity contribution is 8.03. The Morgan fingerprint density at radius 2 is 2.00 bits per heavy atom. The van der Waals surface area contributed by atoms with Gasteiger partial charge in [-0.3, -0.25) is 4.79 Å². The van der Waals surface area contributed by atoms with Gasteiger partial charge in [-0.05, 0) is 18.2 Å². The lowest BCUT2D eigenvalue weighted by atomic mass is 10.3. The van der Waals surface area contributed by atoms with Crippen LogP contribution in [0, 0.1) is 0 Å².